The van der Waals surface area contributed by atoms with Gasteiger partial charge in [-0.25, -0.2) is 4.99 Å². The second-order valence-corrected chi connectivity index (χ2v) is 7.02. The Morgan fingerprint density at radius 3 is 2.68 bits per heavy atom. The Kier molecular flexibility index (Phi) is 5.29. The van der Waals surface area contributed by atoms with Gasteiger partial charge in [0.1, 0.15) is 11.4 Å². The summed E-state index contributed by atoms with van der Waals surface area (Å²) in [7, 11) is 0. The Hall–Kier alpha value is -2.68. The van der Waals surface area contributed by atoms with Crippen LogP contribution < -0.4 is 5.43 Å². The van der Waals surface area contributed by atoms with E-state index in [0.29, 0.717) is 25.0 Å². The van der Waals surface area contributed by atoms with E-state index in [1.54, 1.807) is 13.0 Å². The third-order valence-electron chi connectivity index (χ3n) is 4.60. The number of aliphatic imine (C=N–C) groups is 2. The van der Waals surface area contributed by atoms with E-state index in [1.165, 1.54) is 13.1 Å². The Morgan fingerprint density at radius 2 is 2.11 bits per heavy atom. The molecule has 1 atom stereocenters. The number of alkyl halides is 3. The van der Waals surface area contributed by atoms with Gasteiger partial charge in [-0.15, -0.1) is 0 Å². The summed E-state index contributed by atoms with van der Waals surface area (Å²) >= 11 is 0. The van der Waals surface area contributed by atoms with Gasteiger partial charge in [-0.3, -0.25) is 10.4 Å². The Labute approximate surface area is 160 Å². The monoisotopic (exact) mass is 394 g/mol. The lowest BCUT2D eigenvalue weighted by atomic mass is 9.99. The van der Waals surface area contributed by atoms with Crippen LogP contribution in [0.4, 0.5) is 13.2 Å². The number of aromatic hydroxyl groups is 1. The van der Waals surface area contributed by atoms with Crippen molar-refractivity contribution in [3.63, 3.8) is 0 Å². The van der Waals surface area contributed by atoms with E-state index >= 15 is 0 Å². The number of hydrogen-bond donors (Lipinski definition) is 2. The molecule has 1 unspecified atom stereocenters. The van der Waals surface area contributed by atoms with Crippen LogP contribution in [0.25, 0.3) is 0 Å². The van der Waals surface area contributed by atoms with Gasteiger partial charge in [0, 0.05) is 12.2 Å². The van der Waals surface area contributed by atoms with E-state index in [9.17, 15) is 18.3 Å². The number of rotatable bonds is 3. The molecule has 0 radical (unpaired) electrons. The molecule has 0 saturated carbocycles. The lowest BCUT2D eigenvalue weighted by Gasteiger charge is -2.22. The van der Waals surface area contributed by atoms with Crippen LogP contribution in [0.15, 0.2) is 39.0 Å². The first-order valence-electron chi connectivity index (χ1n) is 8.76. The molecule has 1 fully saturated rings. The van der Waals surface area contributed by atoms with E-state index in [-0.39, 0.29) is 28.2 Å². The predicted octanol–water partition coefficient (Wildman–Crippen LogP) is 3.58. The van der Waals surface area contributed by atoms with Crippen LogP contribution in [0.2, 0.25) is 0 Å². The summed E-state index contributed by atoms with van der Waals surface area (Å²) in [4.78, 5) is 8.69. The van der Waals surface area contributed by atoms with Crippen molar-refractivity contribution in [3.8, 4) is 5.75 Å². The van der Waals surface area contributed by atoms with E-state index < -0.39 is 17.5 Å². The maximum atomic E-state index is 13.0. The van der Waals surface area contributed by atoms with Crippen molar-refractivity contribution in [2.75, 3.05) is 13.2 Å². The van der Waals surface area contributed by atoms with E-state index in [2.05, 4.69) is 20.5 Å². The number of ether oxygens (including phenoxy) is 1. The number of nitrogens with zero attached hydrogens (tertiary/aromatic N) is 3. The van der Waals surface area contributed by atoms with Crippen molar-refractivity contribution in [1.29, 1.82) is 0 Å². The molecular weight excluding hydrogens is 373 g/mol. The van der Waals surface area contributed by atoms with Gasteiger partial charge in [0.15, 0.2) is 5.84 Å². The minimum absolute atomic E-state index is 0.190. The molecule has 28 heavy (non-hydrogen) atoms. The molecule has 150 valence electrons. The molecule has 6 nitrogen and oxygen atoms in total. The van der Waals surface area contributed by atoms with Crippen molar-refractivity contribution in [2.24, 2.45) is 15.1 Å². The quantitative estimate of drug-likeness (QED) is 0.770. The molecular formula is C19H21F3N4O2. The van der Waals surface area contributed by atoms with Gasteiger partial charge >= 0.3 is 6.18 Å². The standard InChI is InChI=1S/C19H21F3N4O2/c1-4-13-17(25-26-18(3)5-6-28-10-18)24-14(9-23-13)16-11(2)7-12(8-15(16)27)19(20,21)22/h4,7-9,26-27H,5-6,10H2,1-3H3/b13-4+,25-17+. The third-order valence-corrected chi connectivity index (χ3v) is 4.60. The van der Waals surface area contributed by atoms with Crippen molar-refractivity contribution in [3.05, 3.63) is 40.6 Å². The van der Waals surface area contributed by atoms with E-state index in [1.807, 2.05) is 6.92 Å². The lowest BCUT2D eigenvalue weighted by molar-refractivity contribution is -0.137. The van der Waals surface area contributed by atoms with Gasteiger partial charge in [0.05, 0.1) is 29.6 Å². The number of hydrogen-bond acceptors (Lipinski definition) is 5. The molecule has 2 heterocycles. The fourth-order valence-corrected chi connectivity index (χ4v) is 3.00. The largest absolute Gasteiger partial charge is 0.507 e. The maximum Gasteiger partial charge on any atom is 0.416 e. The highest BCUT2D eigenvalue weighted by molar-refractivity contribution is 6.43. The number of aryl methyl sites for hydroxylation is 1. The first kappa shape index (κ1) is 20.1. The summed E-state index contributed by atoms with van der Waals surface area (Å²) in [6.45, 7) is 6.38. The summed E-state index contributed by atoms with van der Waals surface area (Å²) in [5.41, 5.74) is 3.00. The Balaban J connectivity index is 1.98. The van der Waals surface area contributed by atoms with Crippen LogP contribution in [0.5, 0.6) is 5.75 Å². The highest BCUT2D eigenvalue weighted by Gasteiger charge is 2.33. The summed E-state index contributed by atoms with van der Waals surface area (Å²) in [6, 6.07) is 1.67. The van der Waals surface area contributed by atoms with Gasteiger partial charge in [0.2, 0.25) is 0 Å². The number of phenols is 1. The van der Waals surface area contributed by atoms with Crippen molar-refractivity contribution in [1.82, 2.24) is 5.43 Å². The Bertz CT molecular complexity index is 872. The SMILES string of the molecule is C/C=C1/N=CC(c2c(C)cc(C(F)(F)F)cc2O)=N/C1=N/NC1(C)CCOC1. The molecule has 1 saturated heterocycles. The molecule has 0 aromatic heterocycles. The molecule has 9 heteroatoms. The van der Waals surface area contributed by atoms with Crippen LogP contribution in [-0.2, 0) is 10.9 Å². The first-order valence-corrected chi connectivity index (χ1v) is 8.76. The number of halogens is 3. The van der Waals surface area contributed by atoms with Crippen molar-refractivity contribution < 1.29 is 23.0 Å². The molecule has 0 aliphatic carbocycles. The van der Waals surface area contributed by atoms with Crippen molar-refractivity contribution in [2.45, 2.75) is 38.9 Å². The van der Waals surface area contributed by atoms with Gasteiger partial charge in [-0.1, -0.05) is 6.08 Å². The molecule has 1 aromatic carbocycles. The normalized spacial score (nSPS) is 25.4. The van der Waals surface area contributed by atoms with Crippen molar-refractivity contribution >= 4 is 17.8 Å². The molecule has 2 aliphatic rings. The molecule has 2 aliphatic heterocycles. The van der Waals surface area contributed by atoms with Gasteiger partial charge < -0.3 is 9.84 Å². The average Bonchev–Trinajstić information content (AvgIpc) is 3.05. The minimum atomic E-state index is -4.54. The second kappa shape index (κ2) is 7.38. The number of benzene rings is 1. The number of nitrogens with one attached hydrogen (secondary N) is 1. The summed E-state index contributed by atoms with van der Waals surface area (Å²) in [6.07, 6.45) is -0.626. The van der Waals surface area contributed by atoms with Gasteiger partial charge in [-0.05, 0) is 44.9 Å². The highest BCUT2D eigenvalue weighted by atomic mass is 19.4. The molecule has 2 N–H and O–H groups in total. The first-order chi connectivity index (χ1) is 13.1. The second-order valence-electron chi connectivity index (χ2n) is 7.02. The Morgan fingerprint density at radius 1 is 1.36 bits per heavy atom. The van der Waals surface area contributed by atoms with E-state index in [4.69, 9.17) is 4.74 Å². The van der Waals surface area contributed by atoms with Crippen LogP contribution >= 0.6 is 0 Å². The molecule has 1 aromatic rings. The molecule has 0 amide bonds. The van der Waals surface area contributed by atoms with Crippen LogP contribution in [-0.4, -0.2) is 41.6 Å². The van der Waals surface area contributed by atoms with Gasteiger partial charge in [0.25, 0.3) is 0 Å². The number of hydrazone groups is 1. The molecule has 3 rings (SSSR count). The summed E-state index contributed by atoms with van der Waals surface area (Å²) in [5.74, 6) is -0.225. The van der Waals surface area contributed by atoms with Crippen LogP contribution in [0.1, 0.15) is 37.0 Å². The zero-order chi connectivity index (χ0) is 20.5. The average molecular weight is 394 g/mol. The lowest BCUT2D eigenvalue weighted by Crippen LogP contribution is -2.40. The fraction of sp³-hybridized carbons (Fsp3) is 0.421. The highest BCUT2D eigenvalue weighted by Crippen LogP contribution is 2.35. The fourth-order valence-electron chi connectivity index (χ4n) is 3.00. The number of phenolic OH excluding ortho intramolecular Hbond substituents is 1. The minimum Gasteiger partial charge on any atom is -0.507 e. The third kappa shape index (κ3) is 4.09. The predicted molar refractivity (Wildman–Crippen MR) is 101 cm³/mol. The zero-order valence-electron chi connectivity index (χ0n) is 15.8. The van der Waals surface area contributed by atoms with Crippen LogP contribution in [0.3, 0.4) is 0 Å². The molecule has 0 spiro atoms. The number of allylic oxidation sites excluding steroid dienone is 1. The van der Waals surface area contributed by atoms with Gasteiger partial charge in [-0.2, -0.15) is 18.3 Å². The van der Waals surface area contributed by atoms with E-state index in [0.717, 1.165) is 12.5 Å². The van der Waals surface area contributed by atoms with Crippen LogP contribution in [0, 0.1) is 6.92 Å². The number of amidine groups is 1. The topological polar surface area (TPSA) is 78.6 Å². The zero-order valence-corrected chi connectivity index (χ0v) is 15.8. The molecule has 0 bridgehead atoms. The smallest absolute Gasteiger partial charge is 0.416 e. The summed E-state index contributed by atoms with van der Waals surface area (Å²) in [5, 5.41) is 14.5. The maximum absolute atomic E-state index is 13.0. The summed E-state index contributed by atoms with van der Waals surface area (Å²) < 4.78 is 44.2.